The van der Waals surface area contributed by atoms with Crippen molar-refractivity contribution >= 4 is 0 Å². The van der Waals surface area contributed by atoms with Crippen molar-refractivity contribution in [1.82, 2.24) is 0 Å². The van der Waals surface area contributed by atoms with Crippen LogP contribution >= 0.6 is 0 Å². The van der Waals surface area contributed by atoms with Gasteiger partial charge in [-0.3, -0.25) is 0 Å². The van der Waals surface area contributed by atoms with E-state index in [2.05, 4.69) is 13.5 Å². The summed E-state index contributed by atoms with van der Waals surface area (Å²) < 4.78 is 11.6. The molecule has 3 atom stereocenters. The van der Waals surface area contributed by atoms with E-state index in [0.29, 0.717) is 5.92 Å². The average Bonchev–Trinajstić information content (AvgIpc) is 2.30. The maximum absolute atomic E-state index is 5.92. The zero-order chi connectivity index (χ0) is 11.5. The van der Waals surface area contributed by atoms with Gasteiger partial charge in [0.05, 0.1) is 12.7 Å². The summed E-state index contributed by atoms with van der Waals surface area (Å²) in [4.78, 5) is 0. The summed E-state index contributed by atoms with van der Waals surface area (Å²) in [5.41, 5.74) is 2.14. The first-order chi connectivity index (χ1) is 7.68. The SMILES string of the molecule is C=C(C)[C@@H]1O[C@@H](c2ccccc2)OC[C@@H]1C. The van der Waals surface area contributed by atoms with Crippen molar-refractivity contribution in [2.75, 3.05) is 6.61 Å². The number of ether oxygens (including phenoxy) is 2. The smallest absolute Gasteiger partial charge is 0.184 e. The molecule has 0 saturated carbocycles. The van der Waals surface area contributed by atoms with Gasteiger partial charge in [-0.25, -0.2) is 0 Å². The van der Waals surface area contributed by atoms with Gasteiger partial charge in [-0.05, 0) is 6.92 Å². The predicted molar refractivity (Wildman–Crippen MR) is 64.0 cm³/mol. The van der Waals surface area contributed by atoms with Crippen LogP contribution in [0.25, 0.3) is 0 Å². The highest BCUT2D eigenvalue weighted by atomic mass is 16.7. The Balaban J connectivity index is 2.12. The van der Waals surface area contributed by atoms with E-state index in [1.165, 1.54) is 0 Å². The molecule has 0 aromatic heterocycles. The Labute approximate surface area is 96.9 Å². The van der Waals surface area contributed by atoms with Crippen LogP contribution in [0.2, 0.25) is 0 Å². The number of rotatable bonds is 2. The average molecular weight is 218 g/mol. The molecular weight excluding hydrogens is 200 g/mol. The van der Waals surface area contributed by atoms with E-state index in [1.807, 2.05) is 37.3 Å². The van der Waals surface area contributed by atoms with Gasteiger partial charge in [0.25, 0.3) is 0 Å². The highest BCUT2D eigenvalue weighted by Crippen LogP contribution is 2.31. The molecule has 0 spiro atoms. The molecule has 2 rings (SSSR count). The molecule has 2 heteroatoms. The number of benzene rings is 1. The molecule has 86 valence electrons. The second-order valence-corrected chi connectivity index (χ2v) is 4.46. The van der Waals surface area contributed by atoms with Crippen molar-refractivity contribution in [3.05, 3.63) is 48.0 Å². The molecule has 0 bridgehead atoms. The summed E-state index contributed by atoms with van der Waals surface area (Å²) in [5, 5.41) is 0. The van der Waals surface area contributed by atoms with E-state index in [9.17, 15) is 0 Å². The van der Waals surface area contributed by atoms with Crippen LogP contribution in [-0.2, 0) is 9.47 Å². The molecule has 1 aromatic carbocycles. The van der Waals surface area contributed by atoms with Gasteiger partial charge < -0.3 is 9.47 Å². The molecule has 1 aliphatic rings. The van der Waals surface area contributed by atoms with Crippen molar-refractivity contribution in [2.24, 2.45) is 5.92 Å². The van der Waals surface area contributed by atoms with Crippen molar-refractivity contribution in [3.8, 4) is 0 Å². The van der Waals surface area contributed by atoms with Gasteiger partial charge in [0.2, 0.25) is 0 Å². The van der Waals surface area contributed by atoms with Crippen LogP contribution in [0.4, 0.5) is 0 Å². The molecule has 1 aliphatic heterocycles. The standard InChI is InChI=1S/C14H18O2/c1-10(2)13-11(3)9-15-14(16-13)12-7-5-4-6-8-12/h4-8,11,13-14H,1,9H2,2-3H3/t11-,13-,14-/m0/s1. The molecule has 0 N–H and O–H groups in total. The summed E-state index contributed by atoms with van der Waals surface area (Å²) in [6.07, 6.45) is -0.155. The van der Waals surface area contributed by atoms with Gasteiger partial charge in [-0.15, -0.1) is 0 Å². The molecule has 16 heavy (non-hydrogen) atoms. The van der Waals surface area contributed by atoms with Crippen LogP contribution in [0.1, 0.15) is 25.7 Å². The summed E-state index contributed by atoms with van der Waals surface area (Å²) in [6, 6.07) is 10.0. The highest BCUT2D eigenvalue weighted by Gasteiger charge is 2.30. The molecule has 0 radical (unpaired) electrons. The lowest BCUT2D eigenvalue weighted by atomic mass is 9.99. The summed E-state index contributed by atoms with van der Waals surface area (Å²) >= 11 is 0. The first kappa shape index (κ1) is 11.4. The van der Waals surface area contributed by atoms with Crippen molar-refractivity contribution in [2.45, 2.75) is 26.2 Å². The second kappa shape index (κ2) is 4.81. The van der Waals surface area contributed by atoms with Crippen LogP contribution < -0.4 is 0 Å². The lowest BCUT2D eigenvalue weighted by Gasteiger charge is -2.35. The minimum atomic E-state index is -0.251. The van der Waals surface area contributed by atoms with Crippen LogP contribution in [0.15, 0.2) is 42.5 Å². The van der Waals surface area contributed by atoms with E-state index < -0.39 is 0 Å². The molecule has 0 amide bonds. The van der Waals surface area contributed by atoms with E-state index in [-0.39, 0.29) is 12.4 Å². The van der Waals surface area contributed by atoms with Gasteiger partial charge in [-0.2, -0.15) is 0 Å². The quantitative estimate of drug-likeness (QED) is 0.709. The lowest BCUT2D eigenvalue weighted by molar-refractivity contribution is -0.228. The van der Waals surface area contributed by atoms with E-state index in [4.69, 9.17) is 9.47 Å². The van der Waals surface area contributed by atoms with Gasteiger partial charge in [-0.1, -0.05) is 49.4 Å². The van der Waals surface area contributed by atoms with Crippen LogP contribution in [0, 0.1) is 5.92 Å². The molecule has 1 heterocycles. The van der Waals surface area contributed by atoms with Crippen molar-refractivity contribution in [1.29, 1.82) is 0 Å². The summed E-state index contributed by atoms with van der Waals surface area (Å²) in [6.45, 7) is 8.83. The van der Waals surface area contributed by atoms with Crippen LogP contribution in [0.3, 0.4) is 0 Å². The Morgan fingerprint density at radius 3 is 2.62 bits per heavy atom. The molecule has 2 nitrogen and oxygen atoms in total. The molecule has 0 aliphatic carbocycles. The largest absolute Gasteiger partial charge is 0.348 e. The second-order valence-electron chi connectivity index (χ2n) is 4.46. The van der Waals surface area contributed by atoms with Crippen LogP contribution in [-0.4, -0.2) is 12.7 Å². The third-order valence-corrected chi connectivity index (χ3v) is 2.85. The lowest BCUT2D eigenvalue weighted by Crippen LogP contribution is -2.35. The first-order valence-electron chi connectivity index (χ1n) is 5.66. The van der Waals surface area contributed by atoms with Gasteiger partial charge in [0, 0.05) is 11.5 Å². The first-order valence-corrected chi connectivity index (χ1v) is 5.66. The van der Waals surface area contributed by atoms with Gasteiger partial charge in [0.1, 0.15) is 0 Å². The Morgan fingerprint density at radius 2 is 2.00 bits per heavy atom. The highest BCUT2D eigenvalue weighted by molar-refractivity contribution is 5.17. The fraction of sp³-hybridized carbons (Fsp3) is 0.429. The zero-order valence-corrected chi connectivity index (χ0v) is 9.85. The Bertz CT molecular complexity index is 358. The third kappa shape index (κ3) is 2.34. The molecular formula is C14H18O2. The third-order valence-electron chi connectivity index (χ3n) is 2.85. The van der Waals surface area contributed by atoms with Crippen LogP contribution in [0.5, 0.6) is 0 Å². The summed E-state index contributed by atoms with van der Waals surface area (Å²) in [7, 11) is 0. The Morgan fingerprint density at radius 1 is 1.31 bits per heavy atom. The fourth-order valence-electron chi connectivity index (χ4n) is 2.02. The summed E-state index contributed by atoms with van der Waals surface area (Å²) in [5.74, 6) is 0.373. The van der Waals surface area contributed by atoms with Gasteiger partial charge >= 0.3 is 0 Å². The predicted octanol–water partition coefficient (Wildman–Crippen LogP) is 3.31. The molecule has 1 aromatic rings. The van der Waals surface area contributed by atoms with E-state index in [0.717, 1.165) is 17.7 Å². The molecule has 0 unspecified atom stereocenters. The van der Waals surface area contributed by atoms with Crippen molar-refractivity contribution < 1.29 is 9.47 Å². The normalized spacial score (nSPS) is 30.0. The van der Waals surface area contributed by atoms with Crippen molar-refractivity contribution in [3.63, 3.8) is 0 Å². The Kier molecular flexibility index (Phi) is 3.42. The van der Waals surface area contributed by atoms with E-state index >= 15 is 0 Å². The monoisotopic (exact) mass is 218 g/mol. The molecule has 1 saturated heterocycles. The minimum absolute atomic E-state index is 0.0963. The topological polar surface area (TPSA) is 18.5 Å². The minimum Gasteiger partial charge on any atom is -0.348 e. The maximum atomic E-state index is 5.92. The Hall–Kier alpha value is -1.12. The number of hydrogen-bond donors (Lipinski definition) is 0. The fourth-order valence-corrected chi connectivity index (χ4v) is 2.02. The maximum Gasteiger partial charge on any atom is 0.184 e. The number of hydrogen-bond acceptors (Lipinski definition) is 2. The molecule has 1 fully saturated rings. The van der Waals surface area contributed by atoms with E-state index in [1.54, 1.807) is 0 Å². The van der Waals surface area contributed by atoms with Gasteiger partial charge in [0.15, 0.2) is 6.29 Å². The zero-order valence-electron chi connectivity index (χ0n) is 9.85.